The molecule has 0 amide bonds. The molecule has 0 aliphatic carbocycles. The number of aliphatic hydroxyl groups is 1. The van der Waals surface area contributed by atoms with Gasteiger partial charge in [0.25, 0.3) is 0 Å². The van der Waals surface area contributed by atoms with Crippen molar-refractivity contribution >= 4 is 5.69 Å². The van der Waals surface area contributed by atoms with Gasteiger partial charge in [-0.2, -0.15) is 0 Å². The summed E-state index contributed by atoms with van der Waals surface area (Å²) in [4.78, 5) is 6.35. The Morgan fingerprint density at radius 2 is 2.50 bits per heavy atom. The highest BCUT2D eigenvalue weighted by atomic mass is 16.3. The molecule has 16 heavy (non-hydrogen) atoms. The zero-order valence-electron chi connectivity index (χ0n) is 9.69. The molecule has 0 spiro atoms. The largest absolute Gasteiger partial charge is 0.392 e. The van der Waals surface area contributed by atoms with Crippen molar-refractivity contribution in [3.63, 3.8) is 0 Å². The predicted octanol–water partition coefficient (Wildman–Crippen LogP) is 1.08. The fraction of sp³-hybridized carbons (Fsp3) is 0.583. The third kappa shape index (κ3) is 2.71. The number of piperidine rings is 1. The van der Waals surface area contributed by atoms with E-state index in [0.717, 1.165) is 17.8 Å². The first kappa shape index (κ1) is 11.4. The van der Waals surface area contributed by atoms with Crippen molar-refractivity contribution in [2.24, 2.45) is 0 Å². The maximum absolute atomic E-state index is 9.21. The predicted molar refractivity (Wildman–Crippen MR) is 64.3 cm³/mol. The summed E-state index contributed by atoms with van der Waals surface area (Å²) in [6, 6.07) is 2.41. The standard InChI is InChI=1S/C12H19N3O/c1-15-6-2-3-11(8-15)14-12-4-5-13-7-10(12)9-16/h4-5,7,11,16H,2-3,6,8-9H2,1H3,(H,13,14). The molecular weight excluding hydrogens is 202 g/mol. The summed E-state index contributed by atoms with van der Waals surface area (Å²) >= 11 is 0. The van der Waals surface area contributed by atoms with Gasteiger partial charge in [-0.15, -0.1) is 0 Å². The Morgan fingerprint density at radius 1 is 1.62 bits per heavy atom. The molecule has 1 saturated heterocycles. The van der Waals surface area contributed by atoms with Crippen LogP contribution in [-0.2, 0) is 6.61 Å². The molecule has 1 aliphatic rings. The van der Waals surface area contributed by atoms with Gasteiger partial charge in [-0.3, -0.25) is 4.98 Å². The number of likely N-dealkylation sites (tertiary alicyclic amines) is 1. The van der Waals surface area contributed by atoms with Crippen LogP contribution in [0.5, 0.6) is 0 Å². The van der Waals surface area contributed by atoms with E-state index in [2.05, 4.69) is 22.2 Å². The molecule has 0 saturated carbocycles. The summed E-state index contributed by atoms with van der Waals surface area (Å²) in [5.74, 6) is 0. The van der Waals surface area contributed by atoms with E-state index in [0.29, 0.717) is 6.04 Å². The van der Waals surface area contributed by atoms with Gasteiger partial charge < -0.3 is 15.3 Å². The molecule has 1 aromatic rings. The van der Waals surface area contributed by atoms with Gasteiger partial charge in [0.15, 0.2) is 0 Å². The van der Waals surface area contributed by atoms with Crippen LogP contribution in [0.25, 0.3) is 0 Å². The molecule has 1 fully saturated rings. The molecule has 1 unspecified atom stereocenters. The fourth-order valence-corrected chi connectivity index (χ4v) is 2.20. The Bertz CT molecular complexity index is 343. The smallest absolute Gasteiger partial charge is 0.0717 e. The van der Waals surface area contributed by atoms with Gasteiger partial charge in [0.1, 0.15) is 0 Å². The molecule has 0 bridgehead atoms. The Kier molecular flexibility index (Phi) is 3.74. The average molecular weight is 221 g/mol. The van der Waals surface area contributed by atoms with Gasteiger partial charge in [0.05, 0.1) is 6.61 Å². The highest BCUT2D eigenvalue weighted by Crippen LogP contribution is 2.18. The van der Waals surface area contributed by atoms with Gasteiger partial charge in [-0.25, -0.2) is 0 Å². The quantitative estimate of drug-likeness (QED) is 0.802. The molecule has 4 heteroatoms. The maximum Gasteiger partial charge on any atom is 0.0717 e. The number of nitrogens with zero attached hydrogens (tertiary/aromatic N) is 2. The first-order valence-electron chi connectivity index (χ1n) is 5.78. The molecule has 1 aliphatic heterocycles. The second-order valence-electron chi connectivity index (χ2n) is 4.44. The van der Waals surface area contributed by atoms with Crippen LogP contribution in [0.4, 0.5) is 5.69 Å². The minimum Gasteiger partial charge on any atom is -0.392 e. The molecule has 1 aromatic heterocycles. The van der Waals surface area contributed by atoms with Crippen LogP contribution in [0.1, 0.15) is 18.4 Å². The molecule has 2 rings (SSSR count). The summed E-state index contributed by atoms with van der Waals surface area (Å²) in [5.41, 5.74) is 1.88. The van der Waals surface area contributed by atoms with Crippen LogP contribution in [-0.4, -0.2) is 41.2 Å². The molecule has 0 aromatic carbocycles. The van der Waals surface area contributed by atoms with Crippen LogP contribution < -0.4 is 5.32 Å². The van der Waals surface area contributed by atoms with Crippen LogP contribution in [0.2, 0.25) is 0 Å². The minimum absolute atomic E-state index is 0.0404. The van der Waals surface area contributed by atoms with Crippen LogP contribution in [0.15, 0.2) is 18.5 Å². The van der Waals surface area contributed by atoms with E-state index in [-0.39, 0.29) is 6.61 Å². The van der Waals surface area contributed by atoms with Crippen molar-refractivity contribution in [3.8, 4) is 0 Å². The number of hydrogen-bond acceptors (Lipinski definition) is 4. The number of likely N-dealkylation sites (N-methyl/N-ethyl adjacent to an activating group) is 1. The summed E-state index contributed by atoms with van der Waals surface area (Å²) in [7, 11) is 2.15. The maximum atomic E-state index is 9.21. The van der Waals surface area contributed by atoms with Crippen molar-refractivity contribution in [1.82, 2.24) is 9.88 Å². The SMILES string of the molecule is CN1CCCC(Nc2ccncc2CO)C1. The van der Waals surface area contributed by atoms with Gasteiger partial charge in [-0.05, 0) is 32.5 Å². The fourth-order valence-electron chi connectivity index (χ4n) is 2.20. The zero-order chi connectivity index (χ0) is 11.4. The molecule has 2 heterocycles. The third-order valence-electron chi connectivity index (χ3n) is 3.06. The number of aromatic nitrogens is 1. The van der Waals surface area contributed by atoms with E-state index in [1.54, 1.807) is 12.4 Å². The zero-order valence-corrected chi connectivity index (χ0v) is 9.69. The first-order chi connectivity index (χ1) is 7.79. The topological polar surface area (TPSA) is 48.4 Å². The number of pyridine rings is 1. The summed E-state index contributed by atoms with van der Waals surface area (Å²) < 4.78 is 0. The second-order valence-corrected chi connectivity index (χ2v) is 4.44. The van der Waals surface area contributed by atoms with Crippen molar-refractivity contribution in [3.05, 3.63) is 24.0 Å². The lowest BCUT2D eigenvalue weighted by Crippen LogP contribution is -2.39. The van der Waals surface area contributed by atoms with E-state index >= 15 is 0 Å². The number of aliphatic hydroxyl groups excluding tert-OH is 1. The van der Waals surface area contributed by atoms with Crippen molar-refractivity contribution < 1.29 is 5.11 Å². The van der Waals surface area contributed by atoms with Crippen LogP contribution >= 0.6 is 0 Å². The van der Waals surface area contributed by atoms with Crippen LogP contribution in [0.3, 0.4) is 0 Å². The van der Waals surface area contributed by atoms with Crippen molar-refractivity contribution in [2.75, 3.05) is 25.5 Å². The van der Waals surface area contributed by atoms with Crippen molar-refractivity contribution in [2.45, 2.75) is 25.5 Å². The normalized spacial score (nSPS) is 22.0. The molecule has 4 nitrogen and oxygen atoms in total. The Balaban J connectivity index is 2.02. The number of nitrogens with one attached hydrogen (secondary N) is 1. The molecule has 1 atom stereocenters. The summed E-state index contributed by atoms with van der Waals surface area (Å²) in [6.45, 7) is 2.29. The van der Waals surface area contributed by atoms with E-state index < -0.39 is 0 Å². The molecular formula is C12H19N3O. The van der Waals surface area contributed by atoms with Gasteiger partial charge in [0, 0.05) is 36.2 Å². The van der Waals surface area contributed by atoms with Gasteiger partial charge in [-0.1, -0.05) is 0 Å². The lowest BCUT2D eigenvalue weighted by molar-refractivity contribution is 0.260. The van der Waals surface area contributed by atoms with E-state index in [4.69, 9.17) is 0 Å². The van der Waals surface area contributed by atoms with Crippen LogP contribution in [0, 0.1) is 0 Å². The Hall–Kier alpha value is -1.13. The average Bonchev–Trinajstić information content (AvgIpc) is 2.30. The Morgan fingerprint density at radius 3 is 3.25 bits per heavy atom. The highest BCUT2D eigenvalue weighted by molar-refractivity contribution is 5.50. The molecule has 88 valence electrons. The number of anilines is 1. The Labute approximate surface area is 96.3 Å². The molecule has 2 N–H and O–H groups in total. The summed E-state index contributed by atoms with van der Waals surface area (Å²) in [5, 5.41) is 12.7. The van der Waals surface area contributed by atoms with E-state index in [1.165, 1.54) is 19.4 Å². The summed E-state index contributed by atoms with van der Waals surface area (Å²) in [6.07, 6.45) is 5.90. The van der Waals surface area contributed by atoms with E-state index in [9.17, 15) is 5.11 Å². The van der Waals surface area contributed by atoms with E-state index in [1.807, 2.05) is 6.07 Å². The van der Waals surface area contributed by atoms with Gasteiger partial charge in [0.2, 0.25) is 0 Å². The minimum atomic E-state index is 0.0404. The van der Waals surface area contributed by atoms with Gasteiger partial charge >= 0.3 is 0 Å². The van der Waals surface area contributed by atoms with Crippen molar-refractivity contribution in [1.29, 1.82) is 0 Å². The lowest BCUT2D eigenvalue weighted by atomic mass is 10.1. The second kappa shape index (κ2) is 5.27. The first-order valence-corrected chi connectivity index (χ1v) is 5.78. The lowest BCUT2D eigenvalue weighted by Gasteiger charge is -2.31. The molecule has 0 radical (unpaired) electrons. The highest BCUT2D eigenvalue weighted by Gasteiger charge is 2.17. The number of rotatable bonds is 3. The number of hydrogen-bond donors (Lipinski definition) is 2. The third-order valence-corrected chi connectivity index (χ3v) is 3.06. The monoisotopic (exact) mass is 221 g/mol.